The molecule has 2 N–H and O–H groups in total. The molecular weight excluding hydrogens is 928 g/mol. The van der Waals surface area contributed by atoms with E-state index in [1.807, 2.05) is 33.3 Å². The number of phosphoric ester groups is 1. The number of rotatable bonds is 56. The Bertz CT molecular complexity index is 1390. The Morgan fingerprint density at radius 1 is 0.479 bits per heavy atom. The van der Waals surface area contributed by atoms with Crippen molar-refractivity contribution in [2.24, 2.45) is 0 Å². The molecule has 0 heterocycles. The van der Waals surface area contributed by atoms with E-state index in [0.717, 1.165) is 83.5 Å². The highest BCUT2D eigenvalue weighted by molar-refractivity contribution is 7.47. The van der Waals surface area contributed by atoms with E-state index < -0.39 is 20.0 Å². The molecule has 9 nitrogen and oxygen atoms in total. The number of unbranched alkanes of at least 4 members (excludes halogenated alkanes) is 34. The van der Waals surface area contributed by atoms with Gasteiger partial charge in [0.15, 0.2) is 0 Å². The van der Waals surface area contributed by atoms with Crippen molar-refractivity contribution in [2.45, 2.75) is 303 Å². The van der Waals surface area contributed by atoms with Crippen LogP contribution in [0.15, 0.2) is 48.6 Å². The smallest absolute Gasteiger partial charge is 0.456 e. The summed E-state index contributed by atoms with van der Waals surface area (Å²) in [4.78, 5) is 37.7. The maximum absolute atomic E-state index is 13.5. The number of allylic oxidation sites excluding steroid dienone is 7. The van der Waals surface area contributed by atoms with Crippen molar-refractivity contribution in [3.05, 3.63) is 48.6 Å². The number of hydrogen-bond acceptors (Lipinski definition) is 6. The average Bonchev–Trinajstić information content (AvgIpc) is 3.35. The molecule has 3 atom stereocenters. The Balaban J connectivity index is 5.23. The zero-order valence-corrected chi connectivity index (χ0v) is 49.8. The van der Waals surface area contributed by atoms with Crippen molar-refractivity contribution in [1.29, 1.82) is 0 Å². The second kappa shape index (κ2) is 53.4. The first-order valence-corrected chi connectivity index (χ1v) is 32.5. The van der Waals surface area contributed by atoms with Crippen LogP contribution in [0.2, 0.25) is 0 Å². The predicted molar refractivity (Wildman–Crippen MR) is 314 cm³/mol. The van der Waals surface area contributed by atoms with Gasteiger partial charge in [0.2, 0.25) is 5.91 Å². The number of carbonyl (C=O) groups is 2. The lowest BCUT2D eigenvalue weighted by Crippen LogP contribution is -2.47. The molecule has 0 aliphatic rings. The minimum absolute atomic E-state index is 0.0396. The molecule has 10 heteroatoms. The molecule has 0 saturated heterocycles. The van der Waals surface area contributed by atoms with Crippen molar-refractivity contribution in [2.75, 3.05) is 40.9 Å². The largest absolute Gasteiger partial charge is 0.472 e. The van der Waals surface area contributed by atoms with Gasteiger partial charge < -0.3 is 19.4 Å². The SMILES string of the molecule is CCCCC/C=C\C/C=C\C/C=C\CCCCCCCCCCC(=O)NC(COP(=O)(O)OCC[N+](C)(C)C)C(/C=C\CCCCCCCCCCCC)OC(=O)CCCCCCCCCCCCCCCC. The lowest BCUT2D eigenvalue weighted by atomic mass is 10.0. The van der Waals surface area contributed by atoms with Gasteiger partial charge in [0.25, 0.3) is 0 Å². The van der Waals surface area contributed by atoms with Gasteiger partial charge in [-0.15, -0.1) is 0 Å². The molecule has 0 spiro atoms. The van der Waals surface area contributed by atoms with Gasteiger partial charge in [-0.2, -0.15) is 0 Å². The summed E-state index contributed by atoms with van der Waals surface area (Å²) in [6.45, 7) is 7.00. The molecule has 0 bridgehead atoms. The third kappa shape index (κ3) is 54.6. The van der Waals surface area contributed by atoms with Crippen LogP contribution in [0.1, 0.15) is 290 Å². The lowest BCUT2D eigenvalue weighted by Gasteiger charge is -2.27. The molecule has 1 amide bonds. The van der Waals surface area contributed by atoms with E-state index in [4.69, 9.17) is 13.8 Å². The van der Waals surface area contributed by atoms with Gasteiger partial charge in [0.05, 0.1) is 33.8 Å². The van der Waals surface area contributed by atoms with E-state index in [0.29, 0.717) is 23.9 Å². The molecule has 0 aromatic rings. The van der Waals surface area contributed by atoms with E-state index in [1.165, 1.54) is 173 Å². The van der Waals surface area contributed by atoms with Gasteiger partial charge >= 0.3 is 13.8 Å². The van der Waals surface area contributed by atoms with Crippen LogP contribution in [0.5, 0.6) is 0 Å². The van der Waals surface area contributed by atoms with Gasteiger partial charge in [-0.25, -0.2) is 4.57 Å². The molecule has 0 rings (SSSR count). The number of amides is 1. The van der Waals surface area contributed by atoms with Gasteiger partial charge in [0.1, 0.15) is 19.3 Å². The first-order valence-electron chi connectivity index (χ1n) is 31.0. The topological polar surface area (TPSA) is 111 Å². The highest BCUT2D eigenvalue weighted by Crippen LogP contribution is 2.43. The Morgan fingerprint density at radius 2 is 0.836 bits per heavy atom. The molecule has 3 unspecified atom stereocenters. The summed E-state index contributed by atoms with van der Waals surface area (Å²) in [5.74, 6) is -0.504. The second-order valence-corrected chi connectivity index (χ2v) is 23.7. The summed E-state index contributed by atoms with van der Waals surface area (Å²) < 4.78 is 30.7. The number of quaternary nitrogens is 1. The van der Waals surface area contributed by atoms with Crippen molar-refractivity contribution in [1.82, 2.24) is 5.32 Å². The third-order valence-corrected chi connectivity index (χ3v) is 14.8. The standard InChI is InChI=1S/C63H119N2O7P/c1-7-10-13-16-19-22-25-28-30-31-32-33-34-35-36-37-40-43-46-49-52-55-62(66)64-60(59-71-73(68,69)70-58-57-65(4,5)6)61(54-51-48-45-42-39-27-24-21-18-15-12-9-3)72-63(67)56-53-50-47-44-41-38-29-26-23-20-17-14-11-8-2/h19,22,28,30,32-33,51,54,60-61H,7-18,20-21,23-27,29,31,34-50,52-53,55-59H2,1-6H3,(H-,64,66,68,69)/p+1/b22-19-,30-28-,33-32-,54-51-. The molecule has 0 aromatic heterocycles. The minimum Gasteiger partial charge on any atom is -0.456 e. The second-order valence-electron chi connectivity index (χ2n) is 22.2. The monoisotopic (exact) mass is 1050 g/mol. The predicted octanol–water partition coefficient (Wildman–Crippen LogP) is 18.9. The van der Waals surface area contributed by atoms with Crippen LogP contribution in [-0.2, 0) is 27.9 Å². The van der Waals surface area contributed by atoms with Crippen molar-refractivity contribution >= 4 is 19.7 Å². The number of ether oxygens (including phenoxy) is 1. The number of likely N-dealkylation sites (N-methyl/N-ethyl adjacent to an activating group) is 1. The summed E-state index contributed by atoms with van der Waals surface area (Å²) in [6.07, 6.45) is 65.3. The quantitative estimate of drug-likeness (QED) is 0.0205. The van der Waals surface area contributed by atoms with E-state index in [2.05, 4.69) is 62.5 Å². The number of carbonyl (C=O) groups excluding carboxylic acids is 2. The number of hydrogen-bond donors (Lipinski definition) is 2. The summed E-state index contributed by atoms with van der Waals surface area (Å²) in [7, 11) is 1.50. The molecule has 0 aliphatic heterocycles. The molecule has 0 radical (unpaired) electrons. The van der Waals surface area contributed by atoms with Gasteiger partial charge in [-0.05, 0) is 70.3 Å². The van der Waals surface area contributed by atoms with E-state index in [1.54, 1.807) is 0 Å². The maximum atomic E-state index is 13.5. The minimum atomic E-state index is -4.45. The number of nitrogens with one attached hydrogen (secondary N) is 1. The molecule has 73 heavy (non-hydrogen) atoms. The molecule has 0 aromatic carbocycles. The number of nitrogens with zero attached hydrogens (tertiary/aromatic N) is 1. The Labute approximate surface area is 452 Å². The number of phosphoric acid groups is 1. The summed E-state index contributed by atoms with van der Waals surface area (Å²) >= 11 is 0. The molecule has 428 valence electrons. The van der Waals surface area contributed by atoms with Gasteiger partial charge in [-0.3, -0.25) is 18.6 Å². The maximum Gasteiger partial charge on any atom is 0.472 e. The Kier molecular flexibility index (Phi) is 51.9. The molecule has 0 aliphatic carbocycles. The highest BCUT2D eigenvalue weighted by Gasteiger charge is 2.30. The normalized spacial score (nSPS) is 14.0. The van der Waals surface area contributed by atoms with Crippen LogP contribution < -0.4 is 5.32 Å². The first kappa shape index (κ1) is 71.0. The van der Waals surface area contributed by atoms with Gasteiger partial charge in [-0.1, -0.05) is 256 Å². The molecule has 0 fully saturated rings. The fourth-order valence-corrected chi connectivity index (χ4v) is 9.68. The Hall–Kier alpha value is -2.03. The fourth-order valence-electron chi connectivity index (χ4n) is 8.95. The average molecular weight is 1050 g/mol. The van der Waals surface area contributed by atoms with Crippen LogP contribution in [0.4, 0.5) is 0 Å². The lowest BCUT2D eigenvalue weighted by molar-refractivity contribution is -0.870. The third-order valence-electron chi connectivity index (χ3n) is 13.8. The van der Waals surface area contributed by atoms with Crippen molar-refractivity contribution in [3.63, 3.8) is 0 Å². The van der Waals surface area contributed by atoms with Crippen LogP contribution in [0, 0.1) is 0 Å². The van der Waals surface area contributed by atoms with Crippen LogP contribution >= 0.6 is 7.82 Å². The summed E-state index contributed by atoms with van der Waals surface area (Å²) in [6, 6.07) is -0.849. The zero-order chi connectivity index (χ0) is 53.6. The number of esters is 1. The van der Waals surface area contributed by atoms with Crippen LogP contribution in [-0.4, -0.2) is 74.3 Å². The Morgan fingerprint density at radius 3 is 1.27 bits per heavy atom. The van der Waals surface area contributed by atoms with E-state index in [-0.39, 0.29) is 25.1 Å². The highest BCUT2D eigenvalue weighted by atomic mass is 31.2. The summed E-state index contributed by atoms with van der Waals surface area (Å²) in [5.41, 5.74) is 0. The summed E-state index contributed by atoms with van der Waals surface area (Å²) in [5, 5.41) is 3.06. The van der Waals surface area contributed by atoms with Crippen LogP contribution in [0.25, 0.3) is 0 Å². The molecular formula is C63H120N2O7P+. The van der Waals surface area contributed by atoms with E-state index in [9.17, 15) is 19.0 Å². The van der Waals surface area contributed by atoms with E-state index >= 15 is 0 Å². The zero-order valence-electron chi connectivity index (χ0n) is 48.9. The first-order chi connectivity index (χ1) is 35.4. The van der Waals surface area contributed by atoms with Crippen molar-refractivity contribution in [3.8, 4) is 0 Å². The van der Waals surface area contributed by atoms with Gasteiger partial charge in [0, 0.05) is 12.8 Å². The van der Waals surface area contributed by atoms with Crippen molar-refractivity contribution < 1.29 is 37.3 Å². The fraction of sp³-hybridized carbons (Fsp3) is 0.841. The molecule has 0 saturated carbocycles. The van der Waals surface area contributed by atoms with Crippen LogP contribution in [0.3, 0.4) is 0 Å².